The van der Waals surface area contributed by atoms with Crippen LogP contribution in [0.15, 0.2) is 41.0 Å². The number of hydrogen-bond acceptors (Lipinski definition) is 2. The number of anilines is 1. The molecule has 4 nitrogen and oxygen atoms in total. The predicted octanol–water partition coefficient (Wildman–Crippen LogP) is 3.46. The molecule has 20 heavy (non-hydrogen) atoms. The number of aromatic nitrogens is 1. The Labute approximate surface area is 126 Å². The molecule has 2 rings (SSSR count). The summed E-state index contributed by atoms with van der Waals surface area (Å²) in [6.45, 7) is 3.21. The monoisotopic (exact) mass is 336 g/mol. The van der Waals surface area contributed by atoms with Crippen molar-refractivity contribution in [1.29, 1.82) is 0 Å². The Hall–Kier alpha value is -1.59. The number of carbonyl (C=O) groups is 1. The van der Waals surface area contributed by atoms with Crippen molar-refractivity contribution < 1.29 is 9.53 Å². The second-order valence-corrected chi connectivity index (χ2v) is 5.26. The van der Waals surface area contributed by atoms with Crippen molar-refractivity contribution >= 4 is 27.5 Å². The number of aryl methyl sites for hydroxylation is 1. The highest BCUT2D eigenvalue weighted by atomic mass is 79.9. The predicted molar refractivity (Wildman–Crippen MR) is 83.1 cm³/mol. The van der Waals surface area contributed by atoms with E-state index in [1.165, 1.54) is 0 Å². The molecule has 1 N–H and O–H groups in total. The van der Waals surface area contributed by atoms with Crippen molar-refractivity contribution in [2.45, 2.75) is 13.5 Å². The summed E-state index contributed by atoms with van der Waals surface area (Å²) in [5.41, 5.74) is 2.47. The van der Waals surface area contributed by atoms with Crippen LogP contribution in [0.25, 0.3) is 0 Å². The van der Waals surface area contributed by atoms with Gasteiger partial charge in [0.05, 0.1) is 12.3 Å². The summed E-state index contributed by atoms with van der Waals surface area (Å²) >= 11 is 3.49. The van der Waals surface area contributed by atoms with Crippen LogP contribution in [0, 0.1) is 6.92 Å². The van der Waals surface area contributed by atoms with Gasteiger partial charge in [-0.2, -0.15) is 0 Å². The Balaban J connectivity index is 2.16. The van der Waals surface area contributed by atoms with Crippen LogP contribution in [-0.4, -0.2) is 24.2 Å². The van der Waals surface area contributed by atoms with Crippen molar-refractivity contribution in [3.8, 4) is 0 Å². The van der Waals surface area contributed by atoms with Gasteiger partial charge >= 0.3 is 0 Å². The number of amides is 1. The van der Waals surface area contributed by atoms with Gasteiger partial charge in [-0.25, -0.2) is 0 Å². The first-order chi connectivity index (χ1) is 9.63. The maximum absolute atomic E-state index is 12.3. The first-order valence-corrected chi connectivity index (χ1v) is 7.13. The van der Waals surface area contributed by atoms with Crippen LogP contribution in [0.1, 0.15) is 16.1 Å². The number of methoxy groups -OCH3 is 1. The summed E-state index contributed by atoms with van der Waals surface area (Å²) in [6.07, 6.45) is 1.87. The zero-order valence-corrected chi connectivity index (χ0v) is 13.1. The zero-order chi connectivity index (χ0) is 14.5. The van der Waals surface area contributed by atoms with Gasteiger partial charge in [-0.1, -0.05) is 12.1 Å². The second kappa shape index (κ2) is 6.72. The molecule has 0 saturated carbocycles. The molecule has 1 heterocycles. The molecule has 0 saturated heterocycles. The van der Waals surface area contributed by atoms with Gasteiger partial charge in [0, 0.05) is 24.3 Å². The molecule has 106 valence electrons. The number of benzene rings is 1. The van der Waals surface area contributed by atoms with Gasteiger partial charge in [0.25, 0.3) is 5.91 Å². The highest BCUT2D eigenvalue weighted by Gasteiger charge is 2.12. The van der Waals surface area contributed by atoms with E-state index in [4.69, 9.17) is 4.74 Å². The van der Waals surface area contributed by atoms with Crippen molar-refractivity contribution in [2.24, 2.45) is 0 Å². The third-order valence-electron chi connectivity index (χ3n) is 3.04. The van der Waals surface area contributed by atoms with Crippen molar-refractivity contribution in [1.82, 2.24) is 4.57 Å². The molecule has 1 aromatic heterocycles. The van der Waals surface area contributed by atoms with Gasteiger partial charge in [0.15, 0.2) is 0 Å². The van der Waals surface area contributed by atoms with Crippen LogP contribution in [-0.2, 0) is 11.3 Å². The second-order valence-electron chi connectivity index (χ2n) is 4.47. The lowest BCUT2D eigenvalue weighted by Crippen LogP contribution is -2.18. The normalized spacial score (nSPS) is 10.6. The summed E-state index contributed by atoms with van der Waals surface area (Å²) in [7, 11) is 1.65. The Morgan fingerprint density at radius 3 is 2.90 bits per heavy atom. The average molecular weight is 337 g/mol. The molecule has 0 spiro atoms. The van der Waals surface area contributed by atoms with E-state index >= 15 is 0 Å². The van der Waals surface area contributed by atoms with E-state index in [1.54, 1.807) is 13.2 Å². The molecule has 0 fully saturated rings. The highest BCUT2D eigenvalue weighted by Crippen LogP contribution is 2.26. The average Bonchev–Trinajstić information content (AvgIpc) is 2.90. The van der Waals surface area contributed by atoms with Crippen LogP contribution >= 0.6 is 15.9 Å². The van der Waals surface area contributed by atoms with Crippen molar-refractivity contribution in [3.63, 3.8) is 0 Å². The zero-order valence-electron chi connectivity index (χ0n) is 11.5. The number of hydrogen-bond donors (Lipinski definition) is 1. The summed E-state index contributed by atoms with van der Waals surface area (Å²) in [6, 6.07) is 9.43. The third kappa shape index (κ3) is 3.29. The fraction of sp³-hybridized carbons (Fsp3) is 0.267. The maximum Gasteiger partial charge on any atom is 0.272 e. The molecule has 1 amide bonds. The van der Waals surface area contributed by atoms with Crippen molar-refractivity contribution in [2.75, 3.05) is 19.0 Å². The van der Waals surface area contributed by atoms with Gasteiger partial charge in [-0.05, 0) is 46.6 Å². The molecule has 0 unspecified atom stereocenters. The van der Waals surface area contributed by atoms with Crippen LogP contribution in [0.3, 0.4) is 0 Å². The molecule has 0 aliphatic heterocycles. The van der Waals surface area contributed by atoms with Gasteiger partial charge in [-0.15, -0.1) is 0 Å². The quantitative estimate of drug-likeness (QED) is 0.908. The number of rotatable bonds is 5. The number of ether oxygens (including phenoxy) is 1. The van der Waals surface area contributed by atoms with Crippen LogP contribution in [0.2, 0.25) is 0 Å². The molecular formula is C15H17BrN2O2. The van der Waals surface area contributed by atoms with Gasteiger partial charge < -0.3 is 14.6 Å². The molecule has 2 aromatic rings. The number of carbonyl (C=O) groups excluding carboxylic acids is 1. The van der Waals surface area contributed by atoms with Gasteiger partial charge in [0.1, 0.15) is 5.69 Å². The molecule has 0 bridgehead atoms. The van der Waals surface area contributed by atoms with E-state index in [-0.39, 0.29) is 5.91 Å². The largest absolute Gasteiger partial charge is 0.383 e. The lowest BCUT2D eigenvalue weighted by atomic mass is 10.2. The summed E-state index contributed by atoms with van der Waals surface area (Å²) in [5.74, 6) is -0.127. The molecule has 0 aliphatic rings. The van der Waals surface area contributed by atoms with E-state index in [2.05, 4.69) is 21.2 Å². The summed E-state index contributed by atoms with van der Waals surface area (Å²) in [4.78, 5) is 12.3. The van der Waals surface area contributed by atoms with E-state index in [0.717, 1.165) is 15.7 Å². The molecule has 0 radical (unpaired) electrons. The first kappa shape index (κ1) is 14.8. The Bertz CT molecular complexity index is 608. The number of nitrogens with zero attached hydrogens (tertiary/aromatic N) is 1. The maximum atomic E-state index is 12.3. The summed E-state index contributed by atoms with van der Waals surface area (Å²) < 4.78 is 7.83. The molecular weight excluding hydrogens is 320 g/mol. The highest BCUT2D eigenvalue weighted by molar-refractivity contribution is 9.10. The lowest BCUT2D eigenvalue weighted by molar-refractivity contribution is 0.101. The first-order valence-electron chi connectivity index (χ1n) is 6.34. The fourth-order valence-corrected chi connectivity index (χ4v) is 2.30. The van der Waals surface area contributed by atoms with E-state index in [9.17, 15) is 4.79 Å². The van der Waals surface area contributed by atoms with Gasteiger partial charge in [0.2, 0.25) is 0 Å². The smallest absolute Gasteiger partial charge is 0.272 e. The van der Waals surface area contributed by atoms with Crippen molar-refractivity contribution in [3.05, 3.63) is 52.3 Å². The van der Waals surface area contributed by atoms with Crippen LogP contribution < -0.4 is 5.32 Å². The third-order valence-corrected chi connectivity index (χ3v) is 4.09. The SMILES string of the molecule is COCCn1cccc1C(=O)Nc1cccc(C)c1Br. The number of nitrogens with one attached hydrogen (secondary N) is 1. The lowest BCUT2D eigenvalue weighted by Gasteiger charge is -2.11. The standard InChI is InChI=1S/C15H17BrN2O2/c1-11-5-3-6-12(14(11)16)17-15(19)13-7-4-8-18(13)9-10-20-2/h3-8H,9-10H2,1-2H3,(H,17,19). The van der Waals surface area contributed by atoms with Crippen LogP contribution in [0.5, 0.6) is 0 Å². The number of halogens is 1. The minimum Gasteiger partial charge on any atom is -0.383 e. The topological polar surface area (TPSA) is 43.3 Å². The minimum atomic E-state index is -0.127. The minimum absolute atomic E-state index is 0.127. The molecule has 5 heteroatoms. The van der Waals surface area contributed by atoms with Gasteiger partial charge in [-0.3, -0.25) is 4.79 Å². The summed E-state index contributed by atoms with van der Waals surface area (Å²) in [5, 5.41) is 2.92. The molecule has 0 aliphatic carbocycles. The van der Waals surface area contributed by atoms with E-state index in [1.807, 2.05) is 42.0 Å². The Kier molecular flexibility index (Phi) is 4.98. The van der Waals surface area contributed by atoms with Crippen LogP contribution in [0.4, 0.5) is 5.69 Å². The van der Waals surface area contributed by atoms with E-state index in [0.29, 0.717) is 18.8 Å². The van der Waals surface area contributed by atoms with E-state index < -0.39 is 0 Å². The molecule has 1 aromatic carbocycles. The Morgan fingerprint density at radius 1 is 1.35 bits per heavy atom. The Morgan fingerprint density at radius 2 is 2.15 bits per heavy atom. The molecule has 0 atom stereocenters. The fourth-order valence-electron chi connectivity index (χ4n) is 1.94.